The van der Waals surface area contributed by atoms with Gasteiger partial charge in [0, 0.05) is 12.8 Å². The monoisotopic (exact) mass is 1090 g/mol. The molecule has 0 N–H and O–H groups in total. The minimum atomic E-state index is -1.62. The SMILES string of the molecule is CCCCCCCCC/C=C\CCCCCCCC(=O)OC(COC(=O)CCCCCCCCCCCCCCCCCCCCCCCCCCCCCCCCCCCCCC)COC(OCC[N+](C)(C)C)C(=O)[O-]. The molecule has 2 atom stereocenters. The summed E-state index contributed by atoms with van der Waals surface area (Å²) in [6, 6.07) is 0. The fourth-order valence-electron chi connectivity index (χ4n) is 10.3. The Kier molecular flexibility index (Phi) is 58.6. The van der Waals surface area contributed by atoms with Crippen LogP contribution < -0.4 is 5.11 Å². The lowest BCUT2D eigenvalue weighted by atomic mass is 10.0. The maximum atomic E-state index is 12.9. The van der Waals surface area contributed by atoms with Gasteiger partial charge in [0.2, 0.25) is 0 Å². The molecule has 9 heteroatoms. The Morgan fingerprint density at radius 1 is 0.377 bits per heavy atom. The number of carboxylic acids is 1. The number of esters is 2. The molecule has 456 valence electrons. The molecular formula is C68H131NO8. The van der Waals surface area contributed by atoms with Gasteiger partial charge in [0.05, 0.1) is 40.3 Å². The highest BCUT2D eigenvalue weighted by Gasteiger charge is 2.22. The molecule has 0 aliphatic heterocycles. The first-order valence-electron chi connectivity index (χ1n) is 33.8. The van der Waals surface area contributed by atoms with Crippen LogP contribution >= 0.6 is 0 Å². The third-order valence-corrected chi connectivity index (χ3v) is 15.5. The molecule has 0 fully saturated rings. The Morgan fingerprint density at radius 2 is 0.662 bits per heavy atom. The van der Waals surface area contributed by atoms with Crippen molar-refractivity contribution in [2.45, 2.75) is 360 Å². The Hall–Kier alpha value is -1.97. The minimum absolute atomic E-state index is 0.150. The van der Waals surface area contributed by atoms with Crippen molar-refractivity contribution in [1.29, 1.82) is 0 Å². The van der Waals surface area contributed by atoms with Crippen molar-refractivity contribution < 1.29 is 42.9 Å². The van der Waals surface area contributed by atoms with Crippen molar-refractivity contribution >= 4 is 17.9 Å². The van der Waals surface area contributed by atoms with E-state index < -0.39 is 24.3 Å². The van der Waals surface area contributed by atoms with Crippen LogP contribution in [0.5, 0.6) is 0 Å². The zero-order valence-electron chi connectivity index (χ0n) is 52.1. The molecule has 0 saturated heterocycles. The van der Waals surface area contributed by atoms with Gasteiger partial charge < -0.3 is 33.3 Å². The van der Waals surface area contributed by atoms with Crippen LogP contribution in [0.25, 0.3) is 0 Å². The molecule has 0 amide bonds. The average Bonchev–Trinajstić information content (AvgIpc) is 3.40. The summed E-state index contributed by atoms with van der Waals surface area (Å²) in [4.78, 5) is 37.3. The van der Waals surface area contributed by atoms with Crippen LogP contribution in [-0.2, 0) is 33.3 Å². The number of carbonyl (C=O) groups is 3. The van der Waals surface area contributed by atoms with Gasteiger partial charge in [-0.05, 0) is 38.5 Å². The lowest BCUT2D eigenvalue weighted by Crippen LogP contribution is -2.44. The Labute approximate surface area is 478 Å². The molecule has 0 bridgehead atoms. The molecule has 0 radical (unpaired) electrons. The second kappa shape index (κ2) is 60.1. The highest BCUT2D eigenvalue weighted by atomic mass is 16.7. The first kappa shape index (κ1) is 75.0. The second-order valence-corrected chi connectivity index (χ2v) is 24.5. The van der Waals surface area contributed by atoms with Gasteiger partial charge >= 0.3 is 11.9 Å². The summed E-state index contributed by atoms with van der Waals surface area (Å²) in [6.07, 6.45) is 68.9. The largest absolute Gasteiger partial charge is 0.545 e. The van der Waals surface area contributed by atoms with Crippen molar-refractivity contribution in [2.75, 3.05) is 47.5 Å². The number of ether oxygens (including phenoxy) is 4. The van der Waals surface area contributed by atoms with E-state index in [-0.39, 0.29) is 32.2 Å². The maximum Gasteiger partial charge on any atom is 0.306 e. The molecule has 0 spiro atoms. The van der Waals surface area contributed by atoms with Gasteiger partial charge in [-0.3, -0.25) is 9.59 Å². The molecule has 0 aromatic carbocycles. The number of rotatable bonds is 64. The van der Waals surface area contributed by atoms with E-state index in [0.29, 0.717) is 23.9 Å². The third kappa shape index (κ3) is 61.5. The molecule has 0 aromatic rings. The van der Waals surface area contributed by atoms with E-state index in [1.807, 2.05) is 21.1 Å². The van der Waals surface area contributed by atoms with Crippen LogP contribution in [0.1, 0.15) is 348 Å². The molecule has 0 rings (SSSR count). The molecule has 0 saturated carbocycles. The van der Waals surface area contributed by atoms with Gasteiger partial charge in [-0.2, -0.15) is 0 Å². The fourth-order valence-corrected chi connectivity index (χ4v) is 10.3. The molecule has 0 aliphatic rings. The molecule has 2 unspecified atom stereocenters. The smallest absolute Gasteiger partial charge is 0.306 e. The van der Waals surface area contributed by atoms with E-state index in [1.54, 1.807) is 0 Å². The number of carbonyl (C=O) groups excluding carboxylic acids is 3. The summed E-state index contributed by atoms with van der Waals surface area (Å²) in [5.41, 5.74) is 0. The number of likely N-dealkylation sites (N-methyl/N-ethyl adjacent to an activating group) is 1. The van der Waals surface area contributed by atoms with Gasteiger partial charge in [0.1, 0.15) is 13.2 Å². The Bertz CT molecular complexity index is 1270. The van der Waals surface area contributed by atoms with Gasteiger partial charge in [-0.15, -0.1) is 0 Å². The summed E-state index contributed by atoms with van der Waals surface area (Å²) in [5.74, 6) is -2.27. The lowest BCUT2D eigenvalue weighted by molar-refractivity contribution is -0.870. The third-order valence-electron chi connectivity index (χ3n) is 15.5. The van der Waals surface area contributed by atoms with E-state index >= 15 is 0 Å². The van der Waals surface area contributed by atoms with Crippen molar-refractivity contribution in [3.8, 4) is 0 Å². The number of carboxylic acid groups (broad SMARTS) is 1. The topological polar surface area (TPSA) is 111 Å². The van der Waals surface area contributed by atoms with Crippen LogP contribution in [0.15, 0.2) is 12.2 Å². The van der Waals surface area contributed by atoms with Gasteiger partial charge in [-0.1, -0.05) is 309 Å². The number of nitrogens with zero attached hydrogens (tertiary/aromatic N) is 1. The standard InChI is InChI=1S/C68H131NO8/c1-6-8-10-12-14-16-18-20-22-24-25-26-27-28-29-30-31-32-33-34-35-36-37-38-39-40-41-42-43-45-46-48-50-52-54-56-58-65(70)75-62-64(63-76-68(67(72)73)74-61-60-69(3,4)5)77-66(71)59-57-55-53-51-49-47-44-23-21-19-17-15-13-11-9-7-2/h23,44,64,68H,6-22,24-43,45-63H2,1-5H3/b44-23-. The van der Waals surface area contributed by atoms with Crippen LogP contribution in [0.4, 0.5) is 0 Å². The number of unbranched alkanes of at least 4 members (excludes halogenated alkanes) is 47. The number of hydrogen-bond donors (Lipinski definition) is 0. The van der Waals surface area contributed by atoms with Crippen molar-refractivity contribution in [2.24, 2.45) is 0 Å². The van der Waals surface area contributed by atoms with E-state index in [0.717, 1.165) is 51.4 Å². The van der Waals surface area contributed by atoms with Crippen LogP contribution in [0, 0.1) is 0 Å². The number of allylic oxidation sites excluding steroid dienone is 2. The molecule has 0 heterocycles. The summed E-state index contributed by atoms with van der Waals surface area (Å²) in [6.45, 7) is 4.80. The molecule has 77 heavy (non-hydrogen) atoms. The average molecular weight is 1090 g/mol. The minimum Gasteiger partial charge on any atom is -0.545 e. The molecule has 0 aliphatic carbocycles. The Balaban J connectivity index is 3.94. The van der Waals surface area contributed by atoms with Crippen LogP contribution in [0.3, 0.4) is 0 Å². The normalized spacial score (nSPS) is 12.7. The first-order chi connectivity index (χ1) is 37.6. The van der Waals surface area contributed by atoms with E-state index in [2.05, 4.69) is 26.0 Å². The predicted molar refractivity (Wildman–Crippen MR) is 325 cm³/mol. The van der Waals surface area contributed by atoms with Crippen LogP contribution in [0.2, 0.25) is 0 Å². The zero-order chi connectivity index (χ0) is 56.2. The summed E-state index contributed by atoms with van der Waals surface area (Å²) < 4.78 is 22.7. The predicted octanol–water partition coefficient (Wildman–Crippen LogP) is 19.1. The molecular weight excluding hydrogens is 959 g/mol. The van der Waals surface area contributed by atoms with E-state index in [1.165, 1.54) is 263 Å². The highest BCUT2D eigenvalue weighted by molar-refractivity contribution is 5.70. The van der Waals surface area contributed by atoms with E-state index in [4.69, 9.17) is 18.9 Å². The zero-order valence-corrected chi connectivity index (χ0v) is 52.1. The van der Waals surface area contributed by atoms with E-state index in [9.17, 15) is 19.5 Å². The van der Waals surface area contributed by atoms with Crippen molar-refractivity contribution in [3.05, 3.63) is 12.2 Å². The number of quaternary nitrogens is 1. The number of aliphatic carboxylic acids is 1. The van der Waals surface area contributed by atoms with Gasteiger partial charge in [0.15, 0.2) is 12.4 Å². The quantitative estimate of drug-likeness (QED) is 0.0195. The summed E-state index contributed by atoms with van der Waals surface area (Å²) in [5, 5.41) is 11.8. The summed E-state index contributed by atoms with van der Waals surface area (Å²) in [7, 11) is 5.93. The van der Waals surface area contributed by atoms with Gasteiger partial charge in [0.25, 0.3) is 0 Å². The van der Waals surface area contributed by atoms with Crippen molar-refractivity contribution in [3.63, 3.8) is 0 Å². The molecule has 9 nitrogen and oxygen atoms in total. The summed E-state index contributed by atoms with van der Waals surface area (Å²) >= 11 is 0. The van der Waals surface area contributed by atoms with Crippen LogP contribution in [-0.4, -0.2) is 82.3 Å². The first-order valence-corrected chi connectivity index (χ1v) is 33.8. The van der Waals surface area contributed by atoms with Gasteiger partial charge in [-0.25, -0.2) is 0 Å². The highest BCUT2D eigenvalue weighted by Crippen LogP contribution is 2.19. The Morgan fingerprint density at radius 3 is 0.961 bits per heavy atom. The second-order valence-electron chi connectivity index (χ2n) is 24.5. The van der Waals surface area contributed by atoms with Crippen molar-refractivity contribution in [1.82, 2.24) is 0 Å². The lowest BCUT2D eigenvalue weighted by Gasteiger charge is -2.26. The fraction of sp³-hybridized carbons (Fsp3) is 0.926. The maximum absolute atomic E-state index is 12.9. The number of hydrogen-bond acceptors (Lipinski definition) is 8. The molecule has 0 aromatic heterocycles.